The van der Waals surface area contributed by atoms with Gasteiger partial charge in [-0.05, 0) is 31.0 Å². The highest BCUT2D eigenvalue weighted by atomic mass is 16.5. The molecule has 0 unspecified atom stereocenters. The SMILES string of the molecule is Cc1cccc(C(=O)N(CCC#N)CCN2CCOCC2)c1C. The Balaban J connectivity index is 2.05. The maximum absolute atomic E-state index is 12.9. The molecule has 1 amide bonds. The van der Waals surface area contributed by atoms with Gasteiger partial charge in [-0.1, -0.05) is 12.1 Å². The number of nitriles is 1. The van der Waals surface area contributed by atoms with Gasteiger partial charge in [-0.3, -0.25) is 9.69 Å². The molecule has 124 valence electrons. The summed E-state index contributed by atoms with van der Waals surface area (Å²) >= 11 is 0. The van der Waals surface area contributed by atoms with Gasteiger partial charge in [0.2, 0.25) is 0 Å². The minimum Gasteiger partial charge on any atom is -0.379 e. The fourth-order valence-corrected chi connectivity index (χ4v) is 2.74. The Labute approximate surface area is 138 Å². The van der Waals surface area contributed by atoms with Crippen molar-refractivity contribution < 1.29 is 9.53 Å². The lowest BCUT2D eigenvalue weighted by Gasteiger charge is -2.30. The average Bonchev–Trinajstić information content (AvgIpc) is 2.58. The second kappa shape index (κ2) is 8.66. The molecule has 1 saturated heterocycles. The van der Waals surface area contributed by atoms with Gasteiger partial charge >= 0.3 is 0 Å². The van der Waals surface area contributed by atoms with Crippen LogP contribution in [0, 0.1) is 25.2 Å². The zero-order valence-electron chi connectivity index (χ0n) is 14.0. The Morgan fingerprint density at radius 1 is 1.30 bits per heavy atom. The molecule has 23 heavy (non-hydrogen) atoms. The molecule has 0 aromatic heterocycles. The lowest BCUT2D eigenvalue weighted by atomic mass is 10.0. The highest BCUT2D eigenvalue weighted by molar-refractivity contribution is 5.96. The van der Waals surface area contributed by atoms with E-state index in [2.05, 4.69) is 11.0 Å². The summed E-state index contributed by atoms with van der Waals surface area (Å²) in [6, 6.07) is 7.94. The predicted molar refractivity (Wildman–Crippen MR) is 89.3 cm³/mol. The number of carbonyl (C=O) groups excluding carboxylic acids is 1. The summed E-state index contributed by atoms with van der Waals surface area (Å²) in [5, 5.41) is 8.87. The number of hydrogen-bond acceptors (Lipinski definition) is 4. The van der Waals surface area contributed by atoms with Crippen LogP contribution in [0.25, 0.3) is 0 Å². The van der Waals surface area contributed by atoms with Crippen molar-refractivity contribution in [3.05, 3.63) is 34.9 Å². The van der Waals surface area contributed by atoms with Gasteiger partial charge in [0.15, 0.2) is 0 Å². The highest BCUT2D eigenvalue weighted by Gasteiger charge is 2.19. The molecule has 1 aromatic carbocycles. The van der Waals surface area contributed by atoms with Gasteiger partial charge in [0.25, 0.3) is 5.91 Å². The summed E-state index contributed by atoms with van der Waals surface area (Å²) in [7, 11) is 0. The standard InChI is InChI=1S/C18H25N3O2/c1-15-5-3-6-17(16(15)2)18(22)21(8-4-7-19)10-9-20-11-13-23-14-12-20/h3,5-6H,4,8-14H2,1-2H3. The highest BCUT2D eigenvalue weighted by Crippen LogP contribution is 2.15. The van der Waals surface area contributed by atoms with Crippen LogP contribution in [0.5, 0.6) is 0 Å². The molecule has 5 nitrogen and oxygen atoms in total. The van der Waals surface area contributed by atoms with E-state index in [-0.39, 0.29) is 5.91 Å². The fourth-order valence-electron chi connectivity index (χ4n) is 2.74. The topological polar surface area (TPSA) is 56.6 Å². The molecule has 1 aliphatic heterocycles. The molecule has 1 heterocycles. The first-order valence-corrected chi connectivity index (χ1v) is 8.16. The first-order valence-electron chi connectivity index (χ1n) is 8.16. The lowest BCUT2D eigenvalue weighted by Crippen LogP contribution is -2.43. The van der Waals surface area contributed by atoms with Crippen molar-refractivity contribution in [3.63, 3.8) is 0 Å². The first-order chi connectivity index (χ1) is 11.1. The van der Waals surface area contributed by atoms with Gasteiger partial charge in [0.1, 0.15) is 0 Å². The van der Waals surface area contributed by atoms with Crippen LogP contribution in [0.1, 0.15) is 27.9 Å². The van der Waals surface area contributed by atoms with E-state index in [1.807, 2.05) is 32.0 Å². The molecule has 0 atom stereocenters. The van der Waals surface area contributed by atoms with Crippen molar-refractivity contribution in [3.8, 4) is 6.07 Å². The molecule has 0 bridgehead atoms. The third kappa shape index (κ3) is 4.78. The fraction of sp³-hybridized carbons (Fsp3) is 0.556. The molecule has 1 aliphatic rings. The normalized spacial score (nSPS) is 15.2. The van der Waals surface area contributed by atoms with E-state index in [0.29, 0.717) is 19.5 Å². The maximum atomic E-state index is 12.9. The van der Waals surface area contributed by atoms with E-state index in [9.17, 15) is 4.79 Å². The summed E-state index contributed by atoms with van der Waals surface area (Å²) in [6.07, 6.45) is 0.361. The van der Waals surface area contributed by atoms with Gasteiger partial charge < -0.3 is 9.64 Å². The number of carbonyl (C=O) groups is 1. The van der Waals surface area contributed by atoms with Crippen molar-refractivity contribution in [2.24, 2.45) is 0 Å². The summed E-state index contributed by atoms with van der Waals surface area (Å²) in [5.74, 6) is 0.0229. The Bertz CT molecular complexity index is 574. The zero-order chi connectivity index (χ0) is 16.7. The maximum Gasteiger partial charge on any atom is 0.254 e. The van der Waals surface area contributed by atoms with E-state index < -0.39 is 0 Å². The molecule has 1 aromatic rings. The van der Waals surface area contributed by atoms with Gasteiger partial charge in [-0.15, -0.1) is 0 Å². The predicted octanol–water partition coefficient (Wildman–Crippen LogP) is 1.99. The molecular weight excluding hydrogens is 290 g/mol. The third-order valence-electron chi connectivity index (χ3n) is 4.41. The molecule has 0 radical (unpaired) electrons. The van der Waals surface area contributed by atoms with E-state index in [1.165, 1.54) is 0 Å². The minimum atomic E-state index is 0.0229. The van der Waals surface area contributed by atoms with Crippen molar-refractivity contribution in [1.29, 1.82) is 5.26 Å². The molecule has 0 aliphatic carbocycles. The van der Waals surface area contributed by atoms with Crippen LogP contribution in [-0.2, 0) is 4.74 Å². The number of benzene rings is 1. The van der Waals surface area contributed by atoms with Gasteiger partial charge in [-0.2, -0.15) is 5.26 Å². The summed E-state index contributed by atoms with van der Waals surface area (Å²) < 4.78 is 5.35. The molecular formula is C18H25N3O2. The van der Waals surface area contributed by atoms with Gasteiger partial charge in [0.05, 0.1) is 25.7 Å². The van der Waals surface area contributed by atoms with Crippen LogP contribution < -0.4 is 0 Å². The number of aryl methyl sites for hydroxylation is 1. The van der Waals surface area contributed by atoms with Crippen LogP contribution in [-0.4, -0.2) is 61.6 Å². The van der Waals surface area contributed by atoms with Crippen LogP contribution in [0.4, 0.5) is 0 Å². The van der Waals surface area contributed by atoms with E-state index >= 15 is 0 Å². The average molecular weight is 315 g/mol. The molecule has 5 heteroatoms. The van der Waals surface area contributed by atoms with Crippen LogP contribution in [0.15, 0.2) is 18.2 Å². The van der Waals surface area contributed by atoms with E-state index in [4.69, 9.17) is 10.00 Å². The number of hydrogen-bond donors (Lipinski definition) is 0. The van der Waals surface area contributed by atoms with Crippen LogP contribution >= 0.6 is 0 Å². The number of nitrogens with zero attached hydrogens (tertiary/aromatic N) is 3. The van der Waals surface area contributed by atoms with Crippen molar-refractivity contribution >= 4 is 5.91 Å². The summed E-state index contributed by atoms with van der Waals surface area (Å²) in [5.41, 5.74) is 2.88. The van der Waals surface area contributed by atoms with E-state index in [0.717, 1.165) is 49.5 Å². The molecule has 0 N–H and O–H groups in total. The quantitative estimate of drug-likeness (QED) is 0.805. The smallest absolute Gasteiger partial charge is 0.254 e. The zero-order valence-corrected chi connectivity index (χ0v) is 14.0. The third-order valence-corrected chi connectivity index (χ3v) is 4.41. The van der Waals surface area contributed by atoms with Crippen molar-refractivity contribution in [1.82, 2.24) is 9.80 Å². The summed E-state index contributed by atoms with van der Waals surface area (Å²) in [6.45, 7) is 9.26. The minimum absolute atomic E-state index is 0.0229. The Morgan fingerprint density at radius 3 is 2.74 bits per heavy atom. The van der Waals surface area contributed by atoms with Gasteiger partial charge in [-0.25, -0.2) is 0 Å². The second-order valence-corrected chi connectivity index (χ2v) is 5.90. The molecule has 0 saturated carbocycles. The van der Waals surface area contributed by atoms with E-state index in [1.54, 1.807) is 4.90 Å². The van der Waals surface area contributed by atoms with Crippen molar-refractivity contribution in [2.45, 2.75) is 20.3 Å². The van der Waals surface area contributed by atoms with Gasteiger partial charge in [0, 0.05) is 38.3 Å². The largest absolute Gasteiger partial charge is 0.379 e. The number of rotatable bonds is 6. The summed E-state index contributed by atoms with van der Waals surface area (Å²) in [4.78, 5) is 17.0. The van der Waals surface area contributed by atoms with Crippen molar-refractivity contribution in [2.75, 3.05) is 45.9 Å². The van der Waals surface area contributed by atoms with Crippen LogP contribution in [0.2, 0.25) is 0 Å². The Morgan fingerprint density at radius 2 is 2.04 bits per heavy atom. The second-order valence-electron chi connectivity index (χ2n) is 5.90. The Hall–Kier alpha value is -1.90. The lowest BCUT2D eigenvalue weighted by molar-refractivity contribution is 0.0326. The number of amides is 1. The first kappa shape index (κ1) is 17.5. The molecule has 2 rings (SSSR count). The molecule has 1 fully saturated rings. The molecule has 0 spiro atoms. The number of ether oxygens (including phenoxy) is 1. The number of morpholine rings is 1. The monoisotopic (exact) mass is 315 g/mol. The van der Waals surface area contributed by atoms with Crippen LogP contribution in [0.3, 0.4) is 0 Å². The Kier molecular flexibility index (Phi) is 6.57.